The van der Waals surface area contributed by atoms with Crippen molar-refractivity contribution in [2.75, 3.05) is 0 Å². The van der Waals surface area contributed by atoms with E-state index in [1.807, 2.05) is 0 Å². The molecule has 1 fully saturated rings. The minimum Gasteiger partial charge on any atom is -0.503 e. The van der Waals surface area contributed by atoms with Gasteiger partial charge < -0.3 is 5.11 Å². The summed E-state index contributed by atoms with van der Waals surface area (Å²) in [7, 11) is 0. The van der Waals surface area contributed by atoms with Crippen LogP contribution in [0.15, 0.2) is 36.4 Å². The number of alkyl halides is 3. The number of carbonyl (C=O) groups excluding carboxylic acids is 3. The highest BCUT2D eigenvalue weighted by atomic mass is 19.4. The van der Waals surface area contributed by atoms with Gasteiger partial charge in [-0.15, -0.1) is 0 Å². The Morgan fingerprint density at radius 3 is 2.13 bits per heavy atom. The second-order valence-corrected chi connectivity index (χ2v) is 9.93. The summed E-state index contributed by atoms with van der Waals surface area (Å²) in [5.41, 5.74) is 0.377. The molecule has 1 saturated carbocycles. The number of benzene rings is 2. The molecule has 0 aliphatic heterocycles. The van der Waals surface area contributed by atoms with Gasteiger partial charge in [-0.25, -0.2) is 8.78 Å². The van der Waals surface area contributed by atoms with Gasteiger partial charge in [-0.3, -0.25) is 19.7 Å². The van der Waals surface area contributed by atoms with Crippen molar-refractivity contribution in [3.8, 4) is 5.75 Å². The zero-order valence-corrected chi connectivity index (χ0v) is 21.1. The Hall–Kier alpha value is -3.14. The standard InChI is InChI=1S/C28H30F5NO4/c1-3-18(25(37)24(36)13-16-6-7-16)14-23(35)22(12-17-10-20(29)26(38)21(30)11-17)34-27(28(31,32)33)19-8-4-15(2)5-9-19/h4-5,8-11,16,18,22,27,34,38H,3,6-7,12-14H2,1-2H3/t18-,22+,27+/m1/s1. The molecule has 3 atom stereocenters. The molecule has 0 bridgehead atoms. The van der Waals surface area contributed by atoms with Gasteiger partial charge in [0.1, 0.15) is 6.04 Å². The summed E-state index contributed by atoms with van der Waals surface area (Å²) in [5.74, 6) is -6.92. The Morgan fingerprint density at radius 1 is 1.05 bits per heavy atom. The van der Waals surface area contributed by atoms with Crippen LogP contribution in [0.5, 0.6) is 5.75 Å². The lowest BCUT2D eigenvalue weighted by Gasteiger charge is -2.28. The largest absolute Gasteiger partial charge is 0.503 e. The molecule has 2 aromatic carbocycles. The maximum absolute atomic E-state index is 14.1. The minimum absolute atomic E-state index is 0.0842. The van der Waals surface area contributed by atoms with Gasteiger partial charge in [0.15, 0.2) is 29.0 Å². The Morgan fingerprint density at radius 2 is 1.63 bits per heavy atom. The zero-order chi connectivity index (χ0) is 28.2. The molecule has 0 radical (unpaired) electrons. The first-order valence-corrected chi connectivity index (χ1v) is 12.5. The molecular weight excluding hydrogens is 509 g/mol. The first kappa shape index (κ1) is 29.4. The third kappa shape index (κ3) is 7.69. The first-order valence-electron chi connectivity index (χ1n) is 12.5. The van der Waals surface area contributed by atoms with Crippen LogP contribution < -0.4 is 5.32 Å². The number of carbonyl (C=O) groups is 3. The number of hydrogen-bond donors (Lipinski definition) is 2. The predicted octanol–water partition coefficient (Wildman–Crippen LogP) is 5.71. The minimum atomic E-state index is -4.83. The molecule has 0 spiro atoms. The highest BCUT2D eigenvalue weighted by Gasteiger charge is 2.43. The van der Waals surface area contributed by atoms with Crippen LogP contribution in [0.3, 0.4) is 0 Å². The topological polar surface area (TPSA) is 83.5 Å². The highest BCUT2D eigenvalue weighted by Crippen LogP contribution is 2.35. The molecule has 1 aliphatic carbocycles. The van der Waals surface area contributed by atoms with E-state index in [0.717, 1.165) is 30.5 Å². The van der Waals surface area contributed by atoms with E-state index in [2.05, 4.69) is 5.32 Å². The van der Waals surface area contributed by atoms with Crippen molar-refractivity contribution in [3.63, 3.8) is 0 Å². The quantitative estimate of drug-likeness (QED) is 0.252. The maximum Gasteiger partial charge on any atom is 0.407 e. The molecule has 0 saturated heterocycles. The number of rotatable bonds is 13. The molecule has 3 rings (SSSR count). The second kappa shape index (κ2) is 12.1. The van der Waals surface area contributed by atoms with Crippen molar-refractivity contribution >= 4 is 17.3 Å². The van der Waals surface area contributed by atoms with Gasteiger partial charge in [-0.1, -0.05) is 36.8 Å². The number of phenols is 1. The lowest BCUT2D eigenvalue weighted by Crippen LogP contribution is -2.46. The van der Waals surface area contributed by atoms with Crippen LogP contribution in [0.2, 0.25) is 0 Å². The van der Waals surface area contributed by atoms with Gasteiger partial charge in [-0.2, -0.15) is 13.2 Å². The van der Waals surface area contributed by atoms with Crippen LogP contribution in [0.4, 0.5) is 22.0 Å². The van der Waals surface area contributed by atoms with Crippen molar-refractivity contribution < 1.29 is 41.4 Å². The number of hydrogen-bond acceptors (Lipinski definition) is 5. The Kier molecular flexibility index (Phi) is 9.40. The average Bonchev–Trinajstić information content (AvgIpc) is 3.66. The van der Waals surface area contributed by atoms with Gasteiger partial charge in [-0.05, 0) is 61.8 Å². The lowest BCUT2D eigenvalue weighted by atomic mass is 9.87. The van der Waals surface area contributed by atoms with E-state index in [-0.39, 0.29) is 29.9 Å². The summed E-state index contributed by atoms with van der Waals surface area (Å²) >= 11 is 0. The van der Waals surface area contributed by atoms with E-state index in [0.29, 0.717) is 0 Å². The molecule has 38 heavy (non-hydrogen) atoms. The van der Waals surface area contributed by atoms with E-state index in [1.54, 1.807) is 13.8 Å². The fraction of sp³-hybridized carbons (Fsp3) is 0.464. The van der Waals surface area contributed by atoms with Crippen molar-refractivity contribution in [2.24, 2.45) is 11.8 Å². The molecular formula is C28H30F5NO4. The van der Waals surface area contributed by atoms with E-state index in [4.69, 9.17) is 0 Å². The number of aryl methyl sites for hydroxylation is 1. The lowest BCUT2D eigenvalue weighted by molar-refractivity contribution is -0.160. The van der Waals surface area contributed by atoms with E-state index in [9.17, 15) is 41.4 Å². The van der Waals surface area contributed by atoms with Crippen LogP contribution in [0.25, 0.3) is 0 Å². The van der Waals surface area contributed by atoms with Crippen LogP contribution in [-0.2, 0) is 20.8 Å². The van der Waals surface area contributed by atoms with E-state index < -0.39 is 71.8 Å². The summed E-state index contributed by atoms with van der Waals surface area (Å²) in [4.78, 5) is 38.4. The van der Waals surface area contributed by atoms with E-state index in [1.165, 1.54) is 24.3 Å². The van der Waals surface area contributed by atoms with Gasteiger partial charge in [0.05, 0.1) is 6.04 Å². The maximum atomic E-state index is 14.1. The Labute approximate surface area is 217 Å². The summed E-state index contributed by atoms with van der Waals surface area (Å²) in [6.07, 6.45) is -4.00. The third-order valence-corrected chi connectivity index (χ3v) is 6.77. The molecule has 2 N–H and O–H groups in total. The number of aromatic hydroxyl groups is 1. The number of halogens is 5. The molecule has 2 aromatic rings. The highest BCUT2D eigenvalue weighted by molar-refractivity contribution is 6.38. The fourth-order valence-corrected chi connectivity index (χ4v) is 4.30. The fourth-order valence-electron chi connectivity index (χ4n) is 4.30. The molecule has 10 heteroatoms. The van der Waals surface area contributed by atoms with Crippen LogP contribution in [-0.4, -0.2) is 34.7 Å². The molecule has 5 nitrogen and oxygen atoms in total. The number of nitrogens with one attached hydrogen (secondary N) is 1. The number of phenolic OH excluding ortho intramolecular Hbond substituents is 1. The SMILES string of the molecule is CC[C@H](CC(=O)[C@H](Cc1cc(F)c(O)c(F)c1)N[C@@H](c1ccc(C)cc1)C(F)(F)F)C(=O)C(=O)CC1CC1. The molecule has 0 aromatic heterocycles. The molecule has 0 heterocycles. The second-order valence-electron chi connectivity index (χ2n) is 9.93. The van der Waals surface area contributed by atoms with Gasteiger partial charge in [0.2, 0.25) is 5.78 Å². The molecule has 1 aliphatic rings. The van der Waals surface area contributed by atoms with Gasteiger partial charge >= 0.3 is 6.18 Å². The molecule has 0 unspecified atom stereocenters. The summed E-state index contributed by atoms with van der Waals surface area (Å²) in [5, 5.41) is 11.7. The Balaban J connectivity index is 1.90. The van der Waals surface area contributed by atoms with Crippen molar-refractivity contribution in [3.05, 3.63) is 64.7 Å². The zero-order valence-electron chi connectivity index (χ0n) is 21.1. The van der Waals surface area contributed by atoms with Crippen molar-refractivity contribution in [1.82, 2.24) is 5.32 Å². The smallest absolute Gasteiger partial charge is 0.407 e. The number of Topliss-reactive ketones (excluding diaryl/α,β-unsaturated/α-hetero) is 3. The average molecular weight is 540 g/mol. The van der Waals surface area contributed by atoms with E-state index >= 15 is 0 Å². The predicted molar refractivity (Wildman–Crippen MR) is 129 cm³/mol. The van der Waals surface area contributed by atoms with Crippen molar-refractivity contribution in [1.29, 1.82) is 0 Å². The third-order valence-electron chi connectivity index (χ3n) is 6.77. The van der Waals surface area contributed by atoms with Crippen LogP contribution in [0, 0.1) is 30.4 Å². The van der Waals surface area contributed by atoms with Crippen LogP contribution >= 0.6 is 0 Å². The normalized spacial score (nSPS) is 16.1. The van der Waals surface area contributed by atoms with Crippen LogP contribution in [0.1, 0.15) is 61.8 Å². The Bertz CT molecular complexity index is 1150. The van der Waals surface area contributed by atoms with Gasteiger partial charge in [0, 0.05) is 18.8 Å². The summed E-state index contributed by atoms with van der Waals surface area (Å²) in [6.45, 7) is 3.30. The first-order chi connectivity index (χ1) is 17.8. The molecule has 0 amide bonds. The number of ketones is 3. The summed E-state index contributed by atoms with van der Waals surface area (Å²) < 4.78 is 70.3. The summed E-state index contributed by atoms with van der Waals surface area (Å²) in [6, 6.07) is 3.05. The molecule has 206 valence electrons. The van der Waals surface area contributed by atoms with Gasteiger partial charge in [0.25, 0.3) is 0 Å². The monoisotopic (exact) mass is 539 g/mol. The van der Waals surface area contributed by atoms with Crippen molar-refractivity contribution in [2.45, 2.75) is 70.6 Å².